The number of nitrogens with one attached hydrogen (secondary N) is 3. The van der Waals surface area contributed by atoms with E-state index in [0.717, 1.165) is 18.2 Å². The molecule has 3 saturated heterocycles. The van der Waals surface area contributed by atoms with Crippen LogP contribution in [0, 0.1) is 11.7 Å². The number of carboxylic acid groups (broad SMARTS) is 1. The second kappa shape index (κ2) is 13.9. The van der Waals surface area contributed by atoms with Crippen molar-refractivity contribution in [1.82, 2.24) is 19.9 Å². The topological polar surface area (TPSA) is 150 Å². The summed E-state index contributed by atoms with van der Waals surface area (Å²) >= 11 is 6.11. The van der Waals surface area contributed by atoms with Gasteiger partial charge in [0.25, 0.3) is 0 Å². The van der Waals surface area contributed by atoms with Crippen molar-refractivity contribution in [3.8, 4) is 0 Å². The van der Waals surface area contributed by atoms with E-state index >= 15 is 4.39 Å². The molecule has 14 heteroatoms. The van der Waals surface area contributed by atoms with E-state index in [2.05, 4.69) is 20.9 Å². The average Bonchev–Trinajstić information content (AvgIpc) is 3.09. The molecule has 5 atom stereocenters. The second-order valence-electron chi connectivity index (χ2n) is 11.4. The summed E-state index contributed by atoms with van der Waals surface area (Å²) in [7, 11) is -3.42. The van der Waals surface area contributed by atoms with E-state index in [4.69, 9.17) is 16.3 Å². The number of carbonyl (C=O) groups is 2. The molecule has 0 saturated carbocycles. The number of anilines is 1. The minimum absolute atomic E-state index is 0.0687. The van der Waals surface area contributed by atoms with Crippen LogP contribution in [0.3, 0.4) is 0 Å². The molecule has 3 fully saturated rings. The highest BCUT2D eigenvalue weighted by molar-refractivity contribution is 7.89. The normalized spacial score (nSPS) is 25.2. The van der Waals surface area contributed by atoms with Crippen molar-refractivity contribution in [2.45, 2.75) is 62.6 Å². The summed E-state index contributed by atoms with van der Waals surface area (Å²) in [6.07, 6.45) is 4.11. The van der Waals surface area contributed by atoms with E-state index in [-0.39, 0.29) is 41.4 Å². The number of nitrogens with zero attached hydrogens (tertiary/aromatic N) is 2. The molecule has 4 heterocycles. The van der Waals surface area contributed by atoms with E-state index < -0.39 is 39.8 Å². The van der Waals surface area contributed by atoms with Gasteiger partial charge in [0, 0.05) is 54.9 Å². The van der Waals surface area contributed by atoms with Crippen LogP contribution in [0.15, 0.2) is 36.7 Å². The summed E-state index contributed by atoms with van der Waals surface area (Å²) in [6.45, 7) is 1.81. The number of benzene rings is 1. The molecule has 2 bridgehead atoms. The Bertz CT molecular complexity index is 1410. The Labute approximate surface area is 255 Å². The molecule has 43 heavy (non-hydrogen) atoms. The Hall–Kier alpha value is -2.84. The van der Waals surface area contributed by atoms with E-state index in [1.807, 2.05) is 0 Å². The summed E-state index contributed by atoms with van der Waals surface area (Å²) in [5.74, 6) is -1.82. The highest BCUT2D eigenvalue weighted by Crippen LogP contribution is 2.36. The number of aromatic nitrogens is 1. The Balaban J connectivity index is 1.39. The molecule has 3 aliphatic rings. The Morgan fingerprint density at radius 2 is 1.93 bits per heavy atom. The first-order valence-corrected chi connectivity index (χ1v) is 16.6. The number of amides is 2. The molecule has 0 aliphatic carbocycles. The van der Waals surface area contributed by atoms with Gasteiger partial charge in [0.05, 0.1) is 23.8 Å². The number of carbonyl (C=O) groups excluding carboxylic acids is 1. The third kappa shape index (κ3) is 7.63. The fourth-order valence-corrected chi connectivity index (χ4v) is 8.47. The molecule has 2 aromatic rings. The molecule has 1 aromatic heterocycles. The monoisotopic (exact) mass is 637 g/mol. The Morgan fingerprint density at radius 3 is 2.65 bits per heavy atom. The number of sulfonamides is 1. The summed E-state index contributed by atoms with van der Waals surface area (Å²) in [6, 6.07) is 5.48. The van der Waals surface area contributed by atoms with Gasteiger partial charge >= 0.3 is 6.09 Å². The van der Waals surface area contributed by atoms with Crippen LogP contribution in [0.1, 0.15) is 49.1 Å². The Morgan fingerprint density at radius 1 is 1.19 bits per heavy atom. The van der Waals surface area contributed by atoms with Gasteiger partial charge in [-0.05, 0) is 62.1 Å². The number of pyridine rings is 1. The molecule has 234 valence electrons. The molecule has 1 aromatic carbocycles. The lowest BCUT2D eigenvalue weighted by Crippen LogP contribution is -2.57. The van der Waals surface area contributed by atoms with Crippen molar-refractivity contribution in [2.75, 3.05) is 37.4 Å². The molecule has 5 rings (SSSR count). The molecule has 3 aliphatic heterocycles. The van der Waals surface area contributed by atoms with Crippen molar-refractivity contribution in [3.63, 3.8) is 0 Å². The zero-order valence-corrected chi connectivity index (χ0v) is 25.2. The van der Waals surface area contributed by atoms with Gasteiger partial charge in [-0.2, -0.15) is 4.31 Å². The zero-order chi connectivity index (χ0) is 30.6. The van der Waals surface area contributed by atoms with Crippen LogP contribution in [0.5, 0.6) is 0 Å². The fraction of sp³-hybridized carbons (Fsp3) is 0.552. The summed E-state index contributed by atoms with van der Waals surface area (Å²) < 4.78 is 48.0. The SMILES string of the molecule is O=C(O)N[C@H](C(=O)Nc1cncc(F)c1CC[C@H]1CN[C@@H]2CCCS(=O)(=O)N1C2)[C@@H](c1ccc(Cl)cc1)C1CCOCC1. The highest BCUT2D eigenvalue weighted by Gasteiger charge is 2.39. The van der Waals surface area contributed by atoms with Gasteiger partial charge in [0.1, 0.15) is 11.9 Å². The highest BCUT2D eigenvalue weighted by atomic mass is 35.5. The fourth-order valence-electron chi connectivity index (χ4n) is 6.54. The van der Waals surface area contributed by atoms with Gasteiger partial charge in [0.15, 0.2) is 0 Å². The van der Waals surface area contributed by atoms with E-state index in [9.17, 15) is 23.1 Å². The van der Waals surface area contributed by atoms with Gasteiger partial charge in [-0.3, -0.25) is 9.78 Å². The molecule has 0 radical (unpaired) electrons. The lowest BCUT2D eigenvalue weighted by atomic mass is 9.76. The number of ether oxygens (including phenoxy) is 1. The first-order chi connectivity index (χ1) is 20.6. The first kappa shape index (κ1) is 31.6. The molecule has 11 nitrogen and oxygen atoms in total. The first-order valence-electron chi connectivity index (χ1n) is 14.6. The van der Waals surface area contributed by atoms with Crippen LogP contribution < -0.4 is 16.0 Å². The maximum Gasteiger partial charge on any atom is 0.405 e. The van der Waals surface area contributed by atoms with Crippen LogP contribution in [0.4, 0.5) is 14.9 Å². The summed E-state index contributed by atoms with van der Waals surface area (Å²) in [4.78, 5) is 29.7. The molecule has 2 amide bonds. The standard InChI is InChI=1S/C29H37ClFN5O6S/c30-20-5-3-18(4-6-20)26(19-9-11-42-12-10-19)27(35-29(38)39)28(37)34-25-16-32-15-24(31)23(25)8-7-22-14-33-21-2-1-13-43(40,41)36(22)17-21/h3-6,15-16,19,21-22,26-27,33,35H,1-2,7-14,17H2,(H,34,37)(H,38,39)/t21-,22+,26+,27+/m1/s1. The number of halogens is 2. The van der Waals surface area contributed by atoms with E-state index in [0.29, 0.717) is 57.0 Å². The van der Waals surface area contributed by atoms with Crippen LogP contribution in [-0.2, 0) is 26.0 Å². The third-order valence-electron chi connectivity index (χ3n) is 8.70. The maximum atomic E-state index is 15.2. The van der Waals surface area contributed by atoms with Gasteiger partial charge < -0.3 is 25.8 Å². The van der Waals surface area contributed by atoms with Gasteiger partial charge in [-0.1, -0.05) is 23.7 Å². The van der Waals surface area contributed by atoms with Gasteiger partial charge in [0.2, 0.25) is 15.9 Å². The smallest absolute Gasteiger partial charge is 0.405 e. The third-order valence-corrected chi connectivity index (χ3v) is 10.9. The molecule has 0 spiro atoms. The van der Waals surface area contributed by atoms with Crippen LogP contribution >= 0.6 is 11.6 Å². The summed E-state index contributed by atoms with van der Waals surface area (Å²) in [5.41, 5.74) is 1.04. The van der Waals surface area contributed by atoms with Crippen LogP contribution in [0.2, 0.25) is 5.02 Å². The minimum atomic E-state index is -3.42. The lowest BCUT2D eigenvalue weighted by molar-refractivity contribution is -0.119. The van der Waals surface area contributed by atoms with Gasteiger partial charge in [-0.25, -0.2) is 17.6 Å². The molecular formula is C29H37ClFN5O6S. The van der Waals surface area contributed by atoms with Gasteiger partial charge in [-0.15, -0.1) is 0 Å². The number of hydrogen-bond donors (Lipinski definition) is 4. The molecular weight excluding hydrogens is 601 g/mol. The predicted molar refractivity (Wildman–Crippen MR) is 159 cm³/mol. The van der Waals surface area contributed by atoms with Crippen LogP contribution in [0.25, 0.3) is 0 Å². The number of fused-ring (bicyclic) bond motifs is 2. The molecule has 1 unspecified atom stereocenters. The number of rotatable bonds is 9. The van der Waals surface area contributed by atoms with Crippen LogP contribution in [-0.4, -0.2) is 85.0 Å². The molecule has 4 N–H and O–H groups in total. The van der Waals surface area contributed by atoms with Crippen molar-refractivity contribution >= 4 is 39.3 Å². The maximum absolute atomic E-state index is 15.2. The van der Waals surface area contributed by atoms with Crippen molar-refractivity contribution in [2.24, 2.45) is 5.92 Å². The number of hydrogen-bond acceptors (Lipinski definition) is 7. The quantitative estimate of drug-likeness (QED) is 0.327. The number of piperazine rings is 1. The minimum Gasteiger partial charge on any atom is -0.465 e. The summed E-state index contributed by atoms with van der Waals surface area (Å²) in [5, 5.41) is 18.8. The van der Waals surface area contributed by atoms with Crippen molar-refractivity contribution in [3.05, 3.63) is 58.6 Å². The Kier molecular flexibility index (Phi) is 10.2. The van der Waals surface area contributed by atoms with E-state index in [1.54, 1.807) is 24.3 Å². The van der Waals surface area contributed by atoms with Crippen molar-refractivity contribution < 1.29 is 32.2 Å². The zero-order valence-electron chi connectivity index (χ0n) is 23.7. The van der Waals surface area contributed by atoms with E-state index in [1.165, 1.54) is 10.5 Å². The lowest BCUT2D eigenvalue weighted by Gasteiger charge is -2.37. The largest absolute Gasteiger partial charge is 0.465 e. The predicted octanol–water partition coefficient (Wildman–Crippen LogP) is 3.36. The van der Waals surface area contributed by atoms with Crippen molar-refractivity contribution in [1.29, 1.82) is 0 Å². The average molecular weight is 638 g/mol. The second-order valence-corrected chi connectivity index (χ2v) is 13.9.